The Hall–Kier alpha value is 0.270. The van der Waals surface area contributed by atoms with Gasteiger partial charge in [0.15, 0.2) is 0 Å². The summed E-state index contributed by atoms with van der Waals surface area (Å²) < 4.78 is 0. The smallest absolute Gasteiger partial charge is 0.0170 e. The molecular weight excluding hydrogens is 192 g/mol. The molecule has 0 bridgehead atoms. The number of hydrogen-bond acceptors (Lipinski definition) is 3. The van der Waals surface area contributed by atoms with Gasteiger partial charge in [0.25, 0.3) is 0 Å². The third kappa shape index (κ3) is 3.14. The average Bonchev–Trinajstić information content (AvgIpc) is 2.63. The fourth-order valence-corrected chi connectivity index (χ4v) is 3.37. The van der Waals surface area contributed by atoms with Crippen molar-refractivity contribution in [2.75, 3.05) is 37.7 Å². The number of nitrogens with zero attached hydrogens (tertiary/aromatic N) is 1. The van der Waals surface area contributed by atoms with Gasteiger partial charge in [0.1, 0.15) is 0 Å². The molecule has 3 heteroatoms. The van der Waals surface area contributed by atoms with Gasteiger partial charge in [-0.3, -0.25) is 0 Å². The van der Waals surface area contributed by atoms with Gasteiger partial charge in [0.05, 0.1) is 0 Å². The van der Waals surface area contributed by atoms with Crippen LogP contribution >= 0.6 is 11.8 Å². The second-order valence-electron chi connectivity index (χ2n) is 4.71. The van der Waals surface area contributed by atoms with E-state index in [0.717, 1.165) is 12.0 Å². The van der Waals surface area contributed by atoms with Crippen LogP contribution in [0.5, 0.6) is 0 Å². The molecule has 1 N–H and O–H groups in total. The van der Waals surface area contributed by atoms with Crippen molar-refractivity contribution >= 4 is 11.8 Å². The van der Waals surface area contributed by atoms with Crippen LogP contribution in [-0.4, -0.2) is 48.6 Å². The molecule has 2 atom stereocenters. The van der Waals surface area contributed by atoms with E-state index < -0.39 is 0 Å². The third-order valence-corrected chi connectivity index (χ3v) is 4.43. The molecule has 82 valence electrons. The largest absolute Gasteiger partial charge is 0.312 e. The summed E-state index contributed by atoms with van der Waals surface area (Å²) in [6.07, 6.45) is 2.76. The number of nitrogens with one attached hydrogen (secondary N) is 1. The summed E-state index contributed by atoms with van der Waals surface area (Å²) >= 11 is 2.11. The molecule has 0 aromatic rings. The van der Waals surface area contributed by atoms with E-state index in [-0.39, 0.29) is 0 Å². The van der Waals surface area contributed by atoms with Crippen LogP contribution in [0.15, 0.2) is 0 Å². The van der Waals surface area contributed by atoms with Crippen LogP contribution in [-0.2, 0) is 0 Å². The Bertz CT molecular complexity index is 164. The first kappa shape index (κ1) is 10.8. The van der Waals surface area contributed by atoms with Gasteiger partial charge in [-0.15, -0.1) is 0 Å². The summed E-state index contributed by atoms with van der Waals surface area (Å²) in [5.41, 5.74) is 0. The van der Waals surface area contributed by atoms with Crippen molar-refractivity contribution in [1.82, 2.24) is 10.2 Å². The first-order valence-corrected chi connectivity index (χ1v) is 7.03. The summed E-state index contributed by atoms with van der Waals surface area (Å²) in [5, 5.41) is 3.61. The minimum atomic E-state index is 0.782. The Kier molecular flexibility index (Phi) is 4.14. The highest BCUT2D eigenvalue weighted by Gasteiger charge is 2.20. The standard InChI is InChI=1S/C11H22N2S/c1-10-2-5-13(8-10)6-3-11-9-14-7-4-12-11/h10-12H,2-9H2,1H3. The van der Waals surface area contributed by atoms with E-state index in [1.54, 1.807) is 0 Å². The number of thioether (sulfide) groups is 1. The van der Waals surface area contributed by atoms with Gasteiger partial charge >= 0.3 is 0 Å². The van der Waals surface area contributed by atoms with Gasteiger partial charge in [0.2, 0.25) is 0 Å². The van der Waals surface area contributed by atoms with Gasteiger partial charge in [0, 0.05) is 30.6 Å². The molecule has 0 spiro atoms. The summed E-state index contributed by atoms with van der Waals surface area (Å²) in [4.78, 5) is 2.63. The van der Waals surface area contributed by atoms with E-state index >= 15 is 0 Å². The minimum Gasteiger partial charge on any atom is -0.312 e. The van der Waals surface area contributed by atoms with Crippen LogP contribution in [0.3, 0.4) is 0 Å². The molecular formula is C11H22N2S. The van der Waals surface area contributed by atoms with E-state index in [1.807, 2.05) is 0 Å². The zero-order valence-electron chi connectivity index (χ0n) is 9.17. The molecule has 2 aliphatic rings. The Morgan fingerprint density at radius 3 is 3.07 bits per heavy atom. The van der Waals surface area contributed by atoms with Gasteiger partial charge in [-0.25, -0.2) is 0 Å². The summed E-state index contributed by atoms with van der Waals surface area (Å²) in [6.45, 7) is 7.56. The third-order valence-electron chi connectivity index (χ3n) is 3.30. The van der Waals surface area contributed by atoms with Crippen LogP contribution in [0.4, 0.5) is 0 Å². The predicted molar refractivity (Wildman–Crippen MR) is 64.0 cm³/mol. The lowest BCUT2D eigenvalue weighted by Gasteiger charge is -2.25. The fourth-order valence-electron chi connectivity index (χ4n) is 2.37. The van der Waals surface area contributed by atoms with Crippen molar-refractivity contribution in [3.8, 4) is 0 Å². The van der Waals surface area contributed by atoms with Crippen molar-refractivity contribution in [2.24, 2.45) is 5.92 Å². The second kappa shape index (κ2) is 5.38. The fraction of sp³-hybridized carbons (Fsp3) is 1.00. The van der Waals surface area contributed by atoms with Crippen LogP contribution < -0.4 is 5.32 Å². The summed E-state index contributed by atoms with van der Waals surface area (Å²) in [5.74, 6) is 3.56. The molecule has 2 rings (SSSR count). The average molecular weight is 214 g/mol. The predicted octanol–water partition coefficient (Wildman–Crippen LogP) is 1.42. The Labute approximate surface area is 91.8 Å². The van der Waals surface area contributed by atoms with E-state index in [9.17, 15) is 0 Å². The molecule has 0 saturated carbocycles. The van der Waals surface area contributed by atoms with Gasteiger partial charge in [-0.05, 0) is 31.8 Å². The SMILES string of the molecule is CC1CCN(CCC2CSCCN2)C1. The second-order valence-corrected chi connectivity index (χ2v) is 5.86. The van der Waals surface area contributed by atoms with Crippen molar-refractivity contribution in [3.05, 3.63) is 0 Å². The molecule has 2 nitrogen and oxygen atoms in total. The van der Waals surface area contributed by atoms with Gasteiger partial charge in [-0.2, -0.15) is 11.8 Å². The lowest BCUT2D eigenvalue weighted by molar-refractivity contribution is 0.306. The first-order chi connectivity index (χ1) is 6.84. The highest BCUT2D eigenvalue weighted by Crippen LogP contribution is 2.16. The van der Waals surface area contributed by atoms with Crippen molar-refractivity contribution in [3.63, 3.8) is 0 Å². The van der Waals surface area contributed by atoms with Crippen LogP contribution in [0.2, 0.25) is 0 Å². The zero-order valence-corrected chi connectivity index (χ0v) is 9.98. The van der Waals surface area contributed by atoms with Gasteiger partial charge in [-0.1, -0.05) is 6.92 Å². The monoisotopic (exact) mass is 214 g/mol. The normalized spacial score (nSPS) is 34.9. The Balaban J connectivity index is 1.61. The minimum absolute atomic E-state index is 0.782. The molecule has 2 saturated heterocycles. The summed E-state index contributed by atoms with van der Waals surface area (Å²) in [6, 6.07) is 0.782. The van der Waals surface area contributed by atoms with Gasteiger partial charge < -0.3 is 10.2 Å². The Morgan fingerprint density at radius 2 is 2.43 bits per heavy atom. The maximum atomic E-state index is 3.61. The van der Waals surface area contributed by atoms with E-state index in [2.05, 4.69) is 28.9 Å². The lowest BCUT2D eigenvalue weighted by atomic mass is 10.2. The quantitative estimate of drug-likeness (QED) is 0.765. The maximum Gasteiger partial charge on any atom is 0.0170 e. The van der Waals surface area contributed by atoms with Crippen LogP contribution in [0.25, 0.3) is 0 Å². The summed E-state index contributed by atoms with van der Waals surface area (Å²) in [7, 11) is 0. The highest BCUT2D eigenvalue weighted by molar-refractivity contribution is 7.99. The van der Waals surface area contributed by atoms with E-state index in [4.69, 9.17) is 0 Å². The van der Waals surface area contributed by atoms with E-state index in [1.165, 1.54) is 50.5 Å². The topological polar surface area (TPSA) is 15.3 Å². The number of rotatable bonds is 3. The van der Waals surface area contributed by atoms with Crippen molar-refractivity contribution in [2.45, 2.75) is 25.8 Å². The van der Waals surface area contributed by atoms with Crippen LogP contribution in [0, 0.1) is 5.92 Å². The van der Waals surface area contributed by atoms with Crippen molar-refractivity contribution in [1.29, 1.82) is 0 Å². The zero-order chi connectivity index (χ0) is 9.80. The molecule has 2 heterocycles. The molecule has 14 heavy (non-hydrogen) atoms. The molecule has 0 aromatic heterocycles. The maximum absolute atomic E-state index is 3.61. The molecule has 0 amide bonds. The number of hydrogen-bond donors (Lipinski definition) is 1. The number of likely N-dealkylation sites (tertiary alicyclic amines) is 1. The molecule has 0 aromatic carbocycles. The van der Waals surface area contributed by atoms with Crippen molar-refractivity contribution < 1.29 is 0 Å². The molecule has 2 unspecified atom stereocenters. The lowest BCUT2D eigenvalue weighted by Crippen LogP contribution is -2.39. The molecule has 0 radical (unpaired) electrons. The molecule has 2 aliphatic heterocycles. The molecule has 0 aliphatic carbocycles. The molecule has 2 fully saturated rings. The Morgan fingerprint density at radius 1 is 1.50 bits per heavy atom. The first-order valence-electron chi connectivity index (χ1n) is 5.88. The van der Waals surface area contributed by atoms with E-state index in [0.29, 0.717) is 0 Å². The van der Waals surface area contributed by atoms with Crippen LogP contribution in [0.1, 0.15) is 19.8 Å². The highest BCUT2D eigenvalue weighted by atomic mass is 32.2.